The van der Waals surface area contributed by atoms with Gasteiger partial charge in [0.15, 0.2) is 0 Å². The molecule has 1 amide bonds. The van der Waals surface area contributed by atoms with Crippen molar-refractivity contribution in [1.29, 1.82) is 0 Å². The maximum atomic E-state index is 12.2. The Labute approximate surface area is 120 Å². The van der Waals surface area contributed by atoms with Gasteiger partial charge in [0.1, 0.15) is 0 Å². The molecule has 1 aromatic rings. The number of ether oxygens (including phenoxy) is 1. The number of nitrogens with zero attached hydrogens (tertiary/aromatic N) is 1. The van der Waals surface area contributed by atoms with Crippen molar-refractivity contribution in [2.24, 2.45) is 5.92 Å². The van der Waals surface area contributed by atoms with Gasteiger partial charge in [-0.2, -0.15) is 0 Å². The summed E-state index contributed by atoms with van der Waals surface area (Å²) in [7, 11) is 1.71. The number of rotatable bonds is 4. The summed E-state index contributed by atoms with van der Waals surface area (Å²) in [6, 6.07) is 7.51. The first-order chi connectivity index (χ1) is 9.69. The molecule has 0 spiro atoms. The molecule has 108 valence electrons. The average Bonchev–Trinajstić information content (AvgIpc) is 2.45. The van der Waals surface area contributed by atoms with Gasteiger partial charge in [-0.1, -0.05) is 12.1 Å². The molecule has 1 aromatic carbocycles. The fraction of sp³-hybridized carbons (Fsp3) is 0.438. The van der Waals surface area contributed by atoms with E-state index in [0.29, 0.717) is 11.6 Å². The highest BCUT2D eigenvalue weighted by Gasteiger charge is 2.22. The Bertz CT molecular complexity index is 483. The Balaban J connectivity index is 1.94. The van der Waals surface area contributed by atoms with Crippen LogP contribution in [0, 0.1) is 5.92 Å². The summed E-state index contributed by atoms with van der Waals surface area (Å²) < 4.78 is 5.18. The van der Waals surface area contributed by atoms with Crippen LogP contribution in [0.15, 0.2) is 30.3 Å². The highest BCUT2D eigenvalue weighted by molar-refractivity contribution is 5.92. The predicted molar refractivity (Wildman–Crippen MR) is 81.1 cm³/mol. The molecule has 1 atom stereocenters. The van der Waals surface area contributed by atoms with Gasteiger partial charge in [0.2, 0.25) is 5.91 Å². The van der Waals surface area contributed by atoms with E-state index in [1.165, 1.54) is 0 Å². The lowest BCUT2D eigenvalue weighted by atomic mass is 9.99. The molecule has 1 fully saturated rings. The number of methoxy groups -OCH3 is 1. The third-order valence-electron chi connectivity index (χ3n) is 3.56. The van der Waals surface area contributed by atoms with Crippen molar-refractivity contribution < 1.29 is 9.53 Å². The summed E-state index contributed by atoms with van der Waals surface area (Å²) in [4.78, 5) is 14.1. The fourth-order valence-corrected chi connectivity index (χ4v) is 2.57. The lowest BCUT2D eigenvalue weighted by molar-refractivity contribution is -0.128. The Morgan fingerprint density at radius 2 is 2.40 bits per heavy atom. The number of likely N-dealkylation sites (tertiary alicyclic amines) is 1. The number of benzene rings is 1. The lowest BCUT2D eigenvalue weighted by Crippen LogP contribution is -2.40. The molecule has 1 aliphatic heterocycles. The van der Waals surface area contributed by atoms with Crippen molar-refractivity contribution in [2.75, 3.05) is 32.5 Å². The van der Waals surface area contributed by atoms with Crippen LogP contribution < -0.4 is 5.73 Å². The van der Waals surface area contributed by atoms with Gasteiger partial charge in [0.05, 0.1) is 6.61 Å². The van der Waals surface area contributed by atoms with E-state index in [0.717, 1.165) is 38.1 Å². The van der Waals surface area contributed by atoms with Crippen molar-refractivity contribution in [3.63, 3.8) is 0 Å². The SMILES string of the molecule is COCC1CCCN(C(=O)/C=C/c2cccc(N)c2)C1. The Hall–Kier alpha value is -1.81. The number of hydrogen-bond donors (Lipinski definition) is 1. The van der Waals surface area contributed by atoms with E-state index in [1.54, 1.807) is 13.2 Å². The molecule has 0 bridgehead atoms. The van der Waals surface area contributed by atoms with Crippen LogP contribution in [-0.2, 0) is 9.53 Å². The van der Waals surface area contributed by atoms with E-state index in [-0.39, 0.29) is 5.91 Å². The van der Waals surface area contributed by atoms with E-state index in [2.05, 4.69) is 0 Å². The summed E-state index contributed by atoms with van der Waals surface area (Å²) in [6.07, 6.45) is 5.63. The summed E-state index contributed by atoms with van der Waals surface area (Å²) in [5.41, 5.74) is 7.37. The predicted octanol–water partition coefficient (Wildman–Crippen LogP) is 2.17. The topological polar surface area (TPSA) is 55.6 Å². The van der Waals surface area contributed by atoms with E-state index in [4.69, 9.17) is 10.5 Å². The highest BCUT2D eigenvalue weighted by Crippen LogP contribution is 2.17. The molecule has 2 N–H and O–H groups in total. The van der Waals surface area contributed by atoms with Crippen LogP contribution in [-0.4, -0.2) is 37.6 Å². The molecule has 4 heteroatoms. The van der Waals surface area contributed by atoms with Gasteiger partial charge in [-0.3, -0.25) is 4.79 Å². The minimum absolute atomic E-state index is 0.0632. The number of carbonyl (C=O) groups is 1. The molecule has 2 rings (SSSR count). The first-order valence-electron chi connectivity index (χ1n) is 7.00. The summed E-state index contributed by atoms with van der Waals surface area (Å²) >= 11 is 0. The maximum Gasteiger partial charge on any atom is 0.246 e. The zero-order chi connectivity index (χ0) is 14.4. The average molecular weight is 274 g/mol. The molecule has 0 aliphatic carbocycles. The molecular formula is C16H22N2O2. The summed E-state index contributed by atoms with van der Waals surface area (Å²) in [5, 5.41) is 0. The van der Waals surface area contributed by atoms with Gasteiger partial charge >= 0.3 is 0 Å². The van der Waals surface area contributed by atoms with Crippen LogP contribution in [0.2, 0.25) is 0 Å². The molecule has 1 aliphatic rings. The monoisotopic (exact) mass is 274 g/mol. The minimum Gasteiger partial charge on any atom is -0.399 e. The first-order valence-corrected chi connectivity index (χ1v) is 7.00. The third kappa shape index (κ3) is 4.10. The van der Waals surface area contributed by atoms with Gasteiger partial charge in [0, 0.05) is 32.0 Å². The van der Waals surface area contributed by atoms with E-state index >= 15 is 0 Å². The van der Waals surface area contributed by atoms with Crippen LogP contribution in [0.3, 0.4) is 0 Å². The molecule has 20 heavy (non-hydrogen) atoms. The first kappa shape index (κ1) is 14.6. The largest absolute Gasteiger partial charge is 0.399 e. The highest BCUT2D eigenvalue weighted by atomic mass is 16.5. The number of amides is 1. The molecule has 0 aromatic heterocycles. The van der Waals surface area contributed by atoms with Gasteiger partial charge in [-0.25, -0.2) is 0 Å². The molecule has 0 saturated carbocycles. The summed E-state index contributed by atoms with van der Waals surface area (Å²) in [6.45, 7) is 2.34. The van der Waals surface area contributed by atoms with Gasteiger partial charge < -0.3 is 15.4 Å². The number of hydrogen-bond acceptors (Lipinski definition) is 3. The normalized spacial score (nSPS) is 19.4. The van der Waals surface area contributed by atoms with Gasteiger partial charge in [-0.05, 0) is 42.5 Å². The van der Waals surface area contributed by atoms with Crippen molar-refractivity contribution in [3.05, 3.63) is 35.9 Å². The van der Waals surface area contributed by atoms with E-state index in [1.807, 2.05) is 35.2 Å². The number of carbonyl (C=O) groups excluding carboxylic acids is 1. The Kier molecular flexibility index (Phi) is 5.18. The van der Waals surface area contributed by atoms with E-state index < -0.39 is 0 Å². The molecular weight excluding hydrogens is 252 g/mol. The van der Waals surface area contributed by atoms with Crippen molar-refractivity contribution >= 4 is 17.7 Å². The van der Waals surface area contributed by atoms with Crippen LogP contribution in [0.1, 0.15) is 18.4 Å². The lowest BCUT2D eigenvalue weighted by Gasteiger charge is -2.31. The zero-order valence-electron chi connectivity index (χ0n) is 11.9. The number of nitrogens with two attached hydrogens (primary N) is 1. The molecule has 4 nitrogen and oxygen atoms in total. The minimum atomic E-state index is 0.0632. The maximum absolute atomic E-state index is 12.2. The van der Waals surface area contributed by atoms with Crippen molar-refractivity contribution in [2.45, 2.75) is 12.8 Å². The second kappa shape index (κ2) is 7.10. The molecule has 1 heterocycles. The van der Waals surface area contributed by atoms with Crippen molar-refractivity contribution in [1.82, 2.24) is 4.90 Å². The van der Waals surface area contributed by atoms with Gasteiger partial charge in [-0.15, -0.1) is 0 Å². The van der Waals surface area contributed by atoms with Crippen LogP contribution in [0.25, 0.3) is 6.08 Å². The molecule has 1 unspecified atom stereocenters. The Morgan fingerprint density at radius 1 is 1.55 bits per heavy atom. The fourth-order valence-electron chi connectivity index (χ4n) is 2.57. The molecule has 1 saturated heterocycles. The molecule has 0 radical (unpaired) electrons. The Morgan fingerprint density at radius 3 is 3.15 bits per heavy atom. The van der Waals surface area contributed by atoms with Crippen molar-refractivity contribution in [3.8, 4) is 0 Å². The van der Waals surface area contributed by atoms with Crippen LogP contribution in [0.5, 0.6) is 0 Å². The smallest absolute Gasteiger partial charge is 0.246 e. The number of anilines is 1. The van der Waals surface area contributed by atoms with Crippen LogP contribution in [0.4, 0.5) is 5.69 Å². The van der Waals surface area contributed by atoms with Gasteiger partial charge in [0.25, 0.3) is 0 Å². The second-order valence-corrected chi connectivity index (χ2v) is 5.25. The van der Waals surface area contributed by atoms with E-state index in [9.17, 15) is 4.79 Å². The summed E-state index contributed by atoms with van der Waals surface area (Å²) in [5.74, 6) is 0.520. The standard InChI is InChI=1S/C16H22N2O2/c1-20-12-14-5-3-9-18(11-14)16(19)8-7-13-4-2-6-15(17)10-13/h2,4,6-8,10,14H,3,5,9,11-12,17H2,1H3/b8-7+. The number of piperidine rings is 1. The van der Waals surface area contributed by atoms with Crippen LogP contribution >= 0.6 is 0 Å². The third-order valence-corrected chi connectivity index (χ3v) is 3.56. The zero-order valence-corrected chi connectivity index (χ0v) is 11.9. The quantitative estimate of drug-likeness (QED) is 0.676. The number of nitrogen functional groups attached to an aromatic ring is 1. The second-order valence-electron chi connectivity index (χ2n) is 5.25.